The van der Waals surface area contributed by atoms with Crippen molar-refractivity contribution in [1.82, 2.24) is 19.7 Å². The molecule has 2 heterocycles. The van der Waals surface area contributed by atoms with E-state index in [0.29, 0.717) is 23.1 Å². The van der Waals surface area contributed by atoms with Crippen molar-refractivity contribution in [1.29, 1.82) is 0 Å². The number of anilines is 2. The number of halogens is 1. The van der Waals surface area contributed by atoms with Crippen molar-refractivity contribution < 1.29 is 10.2 Å². The fourth-order valence-corrected chi connectivity index (χ4v) is 4.67. The molecule has 1 saturated carbocycles. The lowest BCUT2D eigenvalue weighted by Gasteiger charge is -2.30. The van der Waals surface area contributed by atoms with Crippen molar-refractivity contribution in [2.45, 2.75) is 84.0 Å². The molecule has 6 N–H and O–H groups in total. The van der Waals surface area contributed by atoms with Gasteiger partial charge in [-0.15, -0.1) is 5.10 Å². The maximum atomic E-state index is 10.3. The first kappa shape index (κ1) is 24.3. The van der Waals surface area contributed by atoms with E-state index in [0.717, 1.165) is 43.0 Å². The van der Waals surface area contributed by atoms with Gasteiger partial charge >= 0.3 is 0 Å². The van der Waals surface area contributed by atoms with Gasteiger partial charge in [0.15, 0.2) is 11.5 Å². The summed E-state index contributed by atoms with van der Waals surface area (Å²) >= 11 is 5.90. The summed E-state index contributed by atoms with van der Waals surface area (Å²) < 4.78 is 2.18. The number of phenolic OH excluding ortho intramolecular Hbond substituents is 2. The molecule has 0 aromatic heterocycles. The third kappa shape index (κ3) is 4.86. The molecule has 0 saturated heterocycles. The van der Waals surface area contributed by atoms with Crippen LogP contribution < -0.4 is 16.4 Å². The molecule has 184 valence electrons. The van der Waals surface area contributed by atoms with Gasteiger partial charge in [-0.05, 0) is 51.5 Å². The molecule has 3 aliphatic rings. The quantitative estimate of drug-likeness (QED) is 0.299. The van der Waals surface area contributed by atoms with E-state index in [1.54, 1.807) is 0 Å². The molecular formula is C24H34ClN7O2. The van der Waals surface area contributed by atoms with Crippen molar-refractivity contribution in [2.24, 2.45) is 5.73 Å². The predicted molar refractivity (Wildman–Crippen MR) is 135 cm³/mol. The molecule has 0 spiro atoms. The van der Waals surface area contributed by atoms with E-state index in [4.69, 9.17) is 22.3 Å². The minimum Gasteiger partial charge on any atom is -0.508 e. The Morgan fingerprint density at radius 2 is 1.79 bits per heavy atom. The van der Waals surface area contributed by atoms with Crippen LogP contribution in [0.25, 0.3) is 11.4 Å². The van der Waals surface area contributed by atoms with Gasteiger partial charge in [0.2, 0.25) is 5.95 Å². The third-order valence-electron chi connectivity index (χ3n) is 6.40. The molecular weight excluding hydrogens is 454 g/mol. The molecule has 1 aliphatic carbocycles. The SMILES string of the molecule is CC(C)c1nnc2c(NCc3cc(O)c(Cl)cc3O)nc(NC3CCC(N)CC3)n(C(C)C)c1-2. The smallest absolute Gasteiger partial charge is 0.205 e. The second-order valence-corrected chi connectivity index (χ2v) is 10.1. The Morgan fingerprint density at radius 1 is 1.09 bits per heavy atom. The average molecular weight is 488 g/mol. The van der Waals surface area contributed by atoms with Crippen molar-refractivity contribution in [3.8, 4) is 22.9 Å². The number of hydrogen-bond donors (Lipinski definition) is 5. The van der Waals surface area contributed by atoms with Crippen LogP contribution in [0, 0.1) is 0 Å². The standard InChI is InChI=1S/C24H34ClN7O2/c1-12(2)20-22-21(31-30-20)23(27-11-14-9-19(34)17(25)10-18(14)33)29-24(32(22)13(3)4)28-16-7-5-15(26)6-8-16/h9-10,12-13,15-16,27,33-34H,5-8,11,26H2,1-4H3,(H,28,29). The van der Waals surface area contributed by atoms with Crippen LogP contribution in [-0.4, -0.2) is 42.0 Å². The first-order chi connectivity index (χ1) is 16.2. The summed E-state index contributed by atoms with van der Waals surface area (Å²) in [5, 5.41) is 36.3. The molecule has 1 aromatic carbocycles. The highest BCUT2D eigenvalue weighted by Crippen LogP contribution is 2.39. The van der Waals surface area contributed by atoms with Gasteiger partial charge in [-0.25, -0.2) is 0 Å². The molecule has 10 heteroatoms. The second-order valence-electron chi connectivity index (χ2n) is 9.73. The summed E-state index contributed by atoms with van der Waals surface area (Å²) in [5.74, 6) is 1.41. The minimum atomic E-state index is -0.0897. The molecule has 1 fully saturated rings. The van der Waals surface area contributed by atoms with Crippen molar-refractivity contribution in [3.05, 3.63) is 28.4 Å². The first-order valence-corrected chi connectivity index (χ1v) is 12.3. The number of phenols is 2. The summed E-state index contributed by atoms with van der Waals surface area (Å²) in [6.07, 6.45) is 3.97. The number of nitrogens with one attached hydrogen (secondary N) is 2. The Labute approximate surface area is 205 Å². The van der Waals surface area contributed by atoms with E-state index in [2.05, 4.69) is 53.1 Å². The molecule has 2 aliphatic heterocycles. The zero-order valence-corrected chi connectivity index (χ0v) is 20.9. The second kappa shape index (κ2) is 9.84. The van der Waals surface area contributed by atoms with Crippen LogP contribution >= 0.6 is 11.6 Å². The van der Waals surface area contributed by atoms with E-state index in [1.807, 2.05) is 0 Å². The van der Waals surface area contributed by atoms with Gasteiger partial charge in [-0.1, -0.05) is 25.4 Å². The molecule has 0 amide bonds. The lowest BCUT2D eigenvalue weighted by atomic mass is 9.92. The van der Waals surface area contributed by atoms with Crippen LogP contribution in [0.2, 0.25) is 5.02 Å². The summed E-state index contributed by atoms with van der Waals surface area (Å²) in [5.41, 5.74) is 9.14. The fourth-order valence-electron chi connectivity index (χ4n) is 4.51. The largest absolute Gasteiger partial charge is 0.508 e. The number of hydrogen-bond acceptors (Lipinski definition) is 8. The van der Waals surface area contributed by atoms with Gasteiger partial charge in [0.25, 0.3) is 0 Å². The Kier molecular flexibility index (Phi) is 7.04. The summed E-state index contributed by atoms with van der Waals surface area (Å²) in [4.78, 5) is 4.93. The molecule has 1 aromatic rings. The molecule has 9 nitrogen and oxygen atoms in total. The molecule has 4 rings (SSSR count). The molecule has 0 unspecified atom stereocenters. The summed E-state index contributed by atoms with van der Waals surface area (Å²) in [7, 11) is 0. The van der Waals surface area contributed by atoms with Gasteiger partial charge < -0.3 is 31.1 Å². The monoisotopic (exact) mass is 487 g/mol. The fraction of sp³-hybridized carbons (Fsp3) is 0.542. The third-order valence-corrected chi connectivity index (χ3v) is 6.70. The highest BCUT2D eigenvalue weighted by atomic mass is 35.5. The van der Waals surface area contributed by atoms with Crippen LogP contribution in [-0.2, 0) is 6.54 Å². The zero-order chi connectivity index (χ0) is 24.6. The number of aromatic nitrogens is 4. The zero-order valence-electron chi connectivity index (χ0n) is 20.1. The normalized spacial score (nSPS) is 18.7. The van der Waals surface area contributed by atoms with E-state index < -0.39 is 0 Å². The Balaban J connectivity index is 1.74. The number of rotatable bonds is 7. The Bertz CT molecular complexity index is 1120. The Hall–Kier alpha value is -2.78. The lowest BCUT2D eigenvalue weighted by molar-refractivity contribution is 0.407. The maximum Gasteiger partial charge on any atom is 0.205 e. The van der Waals surface area contributed by atoms with E-state index >= 15 is 0 Å². The first-order valence-electron chi connectivity index (χ1n) is 11.9. The highest BCUT2D eigenvalue weighted by Gasteiger charge is 2.29. The van der Waals surface area contributed by atoms with Crippen molar-refractivity contribution in [3.63, 3.8) is 0 Å². The van der Waals surface area contributed by atoms with E-state index in [9.17, 15) is 10.2 Å². The van der Waals surface area contributed by atoms with Crippen molar-refractivity contribution >= 4 is 23.4 Å². The summed E-state index contributed by atoms with van der Waals surface area (Å²) in [6.45, 7) is 8.69. The van der Waals surface area contributed by atoms with Crippen LogP contribution in [0.4, 0.5) is 11.8 Å². The van der Waals surface area contributed by atoms with Crippen LogP contribution in [0.5, 0.6) is 11.5 Å². The number of fused-ring (bicyclic) bond motifs is 1. The van der Waals surface area contributed by atoms with Crippen LogP contribution in [0.15, 0.2) is 12.1 Å². The topological polar surface area (TPSA) is 134 Å². The summed E-state index contributed by atoms with van der Waals surface area (Å²) in [6, 6.07) is 3.47. The number of nitrogens with zero attached hydrogens (tertiary/aromatic N) is 4. The van der Waals surface area contributed by atoms with Gasteiger partial charge in [0.05, 0.1) is 16.4 Å². The predicted octanol–water partition coefficient (Wildman–Crippen LogP) is 4.84. The van der Waals surface area contributed by atoms with Gasteiger partial charge in [-0.2, -0.15) is 10.1 Å². The Morgan fingerprint density at radius 3 is 2.44 bits per heavy atom. The van der Waals surface area contributed by atoms with E-state index in [-0.39, 0.29) is 41.1 Å². The maximum absolute atomic E-state index is 10.3. The van der Waals surface area contributed by atoms with Gasteiger partial charge in [-0.3, -0.25) is 0 Å². The van der Waals surface area contributed by atoms with Crippen LogP contribution in [0.3, 0.4) is 0 Å². The molecule has 34 heavy (non-hydrogen) atoms. The molecule has 0 atom stereocenters. The minimum absolute atomic E-state index is 0.00641. The lowest BCUT2D eigenvalue weighted by Crippen LogP contribution is -2.34. The van der Waals surface area contributed by atoms with E-state index in [1.165, 1.54) is 12.1 Å². The number of nitrogens with two attached hydrogens (primary N) is 1. The van der Waals surface area contributed by atoms with Crippen molar-refractivity contribution in [2.75, 3.05) is 10.6 Å². The number of benzene rings is 1. The highest BCUT2D eigenvalue weighted by molar-refractivity contribution is 6.32. The average Bonchev–Trinajstić information content (AvgIpc) is 3.21. The van der Waals surface area contributed by atoms with Gasteiger partial charge in [0.1, 0.15) is 11.5 Å². The number of aromatic hydroxyl groups is 2. The van der Waals surface area contributed by atoms with Crippen LogP contribution in [0.1, 0.15) is 76.6 Å². The molecule has 0 radical (unpaired) electrons. The molecule has 0 bridgehead atoms. The van der Waals surface area contributed by atoms with Gasteiger partial charge in [0, 0.05) is 36.3 Å².